The molecule has 5 rings (SSSR count). The summed E-state index contributed by atoms with van der Waals surface area (Å²) in [5, 5.41) is 9.76. The Kier molecular flexibility index (Phi) is 15.5. The van der Waals surface area contributed by atoms with Crippen LogP contribution in [-0.4, -0.2) is 29.8 Å². The van der Waals surface area contributed by atoms with Gasteiger partial charge in [0.25, 0.3) is 0 Å². The predicted molar refractivity (Wildman–Crippen MR) is 215 cm³/mol. The van der Waals surface area contributed by atoms with E-state index in [-0.39, 0.29) is 50.3 Å². The quantitative estimate of drug-likeness (QED) is 0.0707. The zero-order chi connectivity index (χ0) is 36.7. The summed E-state index contributed by atoms with van der Waals surface area (Å²) >= 11 is 0. The molecule has 0 saturated heterocycles. The van der Waals surface area contributed by atoms with E-state index in [1.54, 1.807) is 0 Å². The Morgan fingerprint density at radius 2 is 1.43 bits per heavy atom. The summed E-state index contributed by atoms with van der Waals surface area (Å²) in [6, 6.07) is 25.9. The van der Waals surface area contributed by atoms with Crippen molar-refractivity contribution in [3.63, 3.8) is 0 Å². The van der Waals surface area contributed by atoms with Crippen molar-refractivity contribution in [3.05, 3.63) is 107 Å². The Labute approximate surface area is 322 Å². The molecule has 0 atom stereocenters. The molecule has 0 spiro atoms. The average Bonchev–Trinajstić information content (AvgIpc) is 3.09. The Morgan fingerprint density at radius 3 is 1.98 bits per heavy atom. The molecule has 1 aromatic heterocycles. The molecule has 0 aliphatic carbocycles. The standard InChI is InChI=1S/C32H34BN2.C13H24O2.Ir/c1-20(2)25-12-10-13-26(21(3)4)30(25)33-29-14-9-8-11-27(29)28-15-16-34-31(32(28)35(33)7)24-18-22(5)17-23(6)19-24;1-5-10(6-2)12(14)9-13(15)11(7-3)8-4;/h8-18,20-21H,1-7H3;9-11,14H,5-8H2,1-4H3;/q-1;;/b;12-9-;. The van der Waals surface area contributed by atoms with Crippen molar-refractivity contribution in [3.8, 4) is 22.4 Å². The number of aromatic nitrogens is 1. The smallest absolute Gasteiger partial charge is 0.324 e. The monoisotopic (exact) mass is 862 g/mol. The zero-order valence-electron chi connectivity index (χ0n) is 32.7. The summed E-state index contributed by atoms with van der Waals surface area (Å²) < 4.78 is 0. The molecule has 1 aliphatic heterocycles. The summed E-state index contributed by atoms with van der Waals surface area (Å²) in [5.41, 5.74) is 13.8. The van der Waals surface area contributed by atoms with Gasteiger partial charge in [0, 0.05) is 55.6 Å². The fourth-order valence-electron chi connectivity index (χ4n) is 7.62. The van der Waals surface area contributed by atoms with Crippen LogP contribution in [0.4, 0.5) is 5.69 Å². The molecule has 3 aromatic carbocycles. The van der Waals surface area contributed by atoms with E-state index >= 15 is 0 Å². The number of fused-ring (bicyclic) bond motifs is 3. The molecule has 1 N–H and O–H groups in total. The molecular weight excluding hydrogens is 804 g/mol. The van der Waals surface area contributed by atoms with Crippen molar-refractivity contribution < 1.29 is 30.0 Å². The minimum Gasteiger partial charge on any atom is -0.512 e. The van der Waals surface area contributed by atoms with Crippen LogP contribution < -0.4 is 15.7 Å². The fraction of sp³-hybridized carbons (Fsp3) is 0.422. The first kappa shape index (κ1) is 42.0. The van der Waals surface area contributed by atoms with E-state index in [1.165, 1.54) is 50.5 Å². The van der Waals surface area contributed by atoms with Gasteiger partial charge in [0.1, 0.15) is 0 Å². The molecule has 0 fully saturated rings. The molecule has 0 unspecified atom stereocenters. The van der Waals surface area contributed by atoms with Crippen LogP contribution in [0.15, 0.2) is 78.7 Å². The van der Waals surface area contributed by atoms with Gasteiger partial charge in [0.15, 0.2) is 5.78 Å². The van der Waals surface area contributed by atoms with Crippen molar-refractivity contribution in [1.29, 1.82) is 0 Å². The Morgan fingerprint density at radius 1 is 0.843 bits per heavy atom. The van der Waals surface area contributed by atoms with Gasteiger partial charge in [-0.1, -0.05) is 112 Å². The SMILES string of the molecule is CCC(CC)C(=O)/C=C(\O)C(CC)CC.Cc1[c-]c(-c2nccc3c2N(C)B(c2c(C(C)C)cccc2C(C)C)c2ccccc2-3)cc(C)c1.[Ir]. The molecule has 6 heteroatoms. The number of pyridine rings is 1. The number of aliphatic hydroxyl groups excluding tert-OH is 1. The number of benzene rings is 3. The molecule has 1 aliphatic rings. The third-order valence-corrected chi connectivity index (χ3v) is 10.4. The van der Waals surface area contributed by atoms with E-state index in [4.69, 9.17) is 4.98 Å². The maximum Gasteiger partial charge on any atom is 0.324 e. The number of aryl methyl sites for hydroxylation is 2. The summed E-state index contributed by atoms with van der Waals surface area (Å²) in [7, 11) is 2.24. The normalized spacial score (nSPS) is 12.5. The minimum absolute atomic E-state index is 0. The number of carbonyl (C=O) groups is 1. The van der Waals surface area contributed by atoms with Crippen molar-refractivity contribution in [2.45, 2.75) is 107 Å². The van der Waals surface area contributed by atoms with Crippen LogP contribution in [0.2, 0.25) is 0 Å². The van der Waals surface area contributed by atoms with Crippen LogP contribution in [0.5, 0.6) is 0 Å². The third kappa shape index (κ3) is 9.32. The average molecular weight is 862 g/mol. The number of hydrogen-bond donors (Lipinski definition) is 1. The Bertz CT molecular complexity index is 1760. The number of carbonyl (C=O) groups excluding carboxylic acids is 1. The van der Waals surface area contributed by atoms with E-state index in [9.17, 15) is 9.90 Å². The molecule has 0 amide bonds. The molecule has 51 heavy (non-hydrogen) atoms. The maximum absolute atomic E-state index is 11.7. The summed E-state index contributed by atoms with van der Waals surface area (Å²) in [6.07, 6.45) is 6.86. The predicted octanol–water partition coefficient (Wildman–Crippen LogP) is 10.5. The number of anilines is 1. The van der Waals surface area contributed by atoms with Gasteiger partial charge in [-0.3, -0.25) is 4.79 Å². The molecule has 4 nitrogen and oxygen atoms in total. The Balaban J connectivity index is 0.000000374. The van der Waals surface area contributed by atoms with Gasteiger partial charge < -0.3 is 14.9 Å². The largest absolute Gasteiger partial charge is 0.512 e. The van der Waals surface area contributed by atoms with Crippen LogP contribution in [0.3, 0.4) is 0 Å². The topological polar surface area (TPSA) is 53.4 Å². The fourth-order valence-corrected chi connectivity index (χ4v) is 7.62. The van der Waals surface area contributed by atoms with Crippen LogP contribution in [0.25, 0.3) is 22.4 Å². The second-order valence-electron chi connectivity index (χ2n) is 14.6. The number of rotatable bonds is 11. The molecule has 0 bridgehead atoms. The summed E-state index contributed by atoms with van der Waals surface area (Å²) in [4.78, 5) is 19.1. The number of nitrogens with zero attached hydrogens (tertiary/aromatic N) is 2. The Hall–Kier alpha value is -3.47. The van der Waals surface area contributed by atoms with Gasteiger partial charge in [-0.05, 0) is 83.8 Å². The van der Waals surface area contributed by atoms with Crippen molar-refractivity contribution in [2.75, 3.05) is 11.9 Å². The maximum atomic E-state index is 11.7. The molecular formula is C45H58BIrN2O2-. The van der Waals surface area contributed by atoms with Gasteiger partial charge in [-0.2, -0.15) is 0 Å². The number of aliphatic hydroxyl groups is 1. The second-order valence-corrected chi connectivity index (χ2v) is 14.6. The van der Waals surface area contributed by atoms with Crippen LogP contribution in [-0.2, 0) is 24.9 Å². The summed E-state index contributed by atoms with van der Waals surface area (Å²) in [6.45, 7) is 21.7. The number of allylic oxidation sites excluding steroid dienone is 2. The van der Waals surface area contributed by atoms with E-state index < -0.39 is 0 Å². The van der Waals surface area contributed by atoms with Crippen LogP contribution >= 0.6 is 0 Å². The van der Waals surface area contributed by atoms with Gasteiger partial charge in [0.05, 0.1) is 5.76 Å². The molecule has 2 heterocycles. The van der Waals surface area contributed by atoms with Crippen LogP contribution in [0, 0.1) is 31.7 Å². The second kappa shape index (κ2) is 18.9. The molecule has 273 valence electrons. The van der Waals surface area contributed by atoms with E-state index in [2.05, 4.69) is 120 Å². The van der Waals surface area contributed by atoms with Gasteiger partial charge in [-0.15, -0.1) is 34.9 Å². The van der Waals surface area contributed by atoms with E-state index in [0.29, 0.717) is 11.8 Å². The van der Waals surface area contributed by atoms with Crippen molar-refractivity contribution in [1.82, 2.24) is 4.98 Å². The summed E-state index contributed by atoms with van der Waals surface area (Å²) in [5.74, 6) is 1.42. The van der Waals surface area contributed by atoms with Crippen molar-refractivity contribution >= 4 is 29.2 Å². The van der Waals surface area contributed by atoms with E-state index in [0.717, 1.165) is 42.5 Å². The molecule has 1 radical (unpaired) electrons. The molecule has 4 aromatic rings. The first-order valence-electron chi connectivity index (χ1n) is 18.8. The zero-order valence-corrected chi connectivity index (χ0v) is 35.1. The van der Waals surface area contributed by atoms with Crippen LogP contribution in [0.1, 0.15) is 115 Å². The number of ketones is 1. The van der Waals surface area contributed by atoms with E-state index in [1.807, 2.05) is 33.9 Å². The number of hydrogen-bond acceptors (Lipinski definition) is 4. The first-order chi connectivity index (χ1) is 23.9. The van der Waals surface area contributed by atoms with Gasteiger partial charge in [0.2, 0.25) is 0 Å². The van der Waals surface area contributed by atoms with Gasteiger partial charge >= 0.3 is 6.85 Å². The molecule has 0 saturated carbocycles. The third-order valence-electron chi connectivity index (χ3n) is 10.4. The minimum atomic E-state index is 0. The first-order valence-corrected chi connectivity index (χ1v) is 18.8. The van der Waals surface area contributed by atoms with Crippen molar-refractivity contribution in [2.24, 2.45) is 11.8 Å². The van der Waals surface area contributed by atoms with Gasteiger partial charge in [-0.25, -0.2) is 0 Å².